The molecule has 16 heteroatoms. The maximum atomic E-state index is 13.0. The molecule has 4 rings (SSSR count). The molecule has 230 valence electrons. The number of hydrogen-bond acceptors (Lipinski definition) is 7. The molecule has 0 amide bonds. The number of pyridine rings is 1. The molecule has 2 heterocycles. The monoisotopic (exact) mass is 653 g/mol. The largest absolute Gasteiger partial charge is 1.00 e. The van der Waals surface area contributed by atoms with Gasteiger partial charge < -0.3 is 20.9 Å². The van der Waals surface area contributed by atoms with Crippen molar-refractivity contribution >= 4 is 39.6 Å². The molecule has 10 nitrogen and oxygen atoms in total. The van der Waals surface area contributed by atoms with Crippen molar-refractivity contribution in [2.75, 3.05) is 38.6 Å². The first kappa shape index (κ1) is 35.5. The number of aryl methyl sites for hydroxylation is 1. The van der Waals surface area contributed by atoms with Gasteiger partial charge in [-0.1, -0.05) is 19.1 Å². The van der Waals surface area contributed by atoms with Crippen LogP contribution >= 0.6 is 7.82 Å². The summed E-state index contributed by atoms with van der Waals surface area (Å²) in [6.45, 7) is 1.31. The molecule has 0 aliphatic rings. The van der Waals surface area contributed by atoms with Crippen LogP contribution in [0.3, 0.4) is 0 Å². The Bertz CT molecular complexity index is 1740. The molecule has 0 fully saturated rings. The summed E-state index contributed by atoms with van der Waals surface area (Å²) in [5.41, 5.74) is 3.54. The van der Waals surface area contributed by atoms with E-state index in [9.17, 15) is 26.2 Å². The first-order valence-corrected chi connectivity index (χ1v) is 16.2. The number of halogens is 3. The normalized spacial score (nSPS) is 12.7. The molecule has 0 bridgehead atoms. The fourth-order valence-corrected chi connectivity index (χ4v) is 5.88. The van der Waals surface area contributed by atoms with E-state index in [0.717, 1.165) is 26.8 Å². The summed E-state index contributed by atoms with van der Waals surface area (Å²) in [7, 11) is -8.23. The average molecular weight is 654 g/mol. The van der Waals surface area contributed by atoms with Gasteiger partial charge in [0.1, 0.15) is 11.4 Å². The SMILES string of the molecule is CCS(=O)(=O)c1cccc(-c2ccc(OCCCN(CCOP(=O)(O)O)CC(F)(F)F)c3[nH]c4ncc(C)cc4c23)c1.[H-].[Na+]. The summed E-state index contributed by atoms with van der Waals surface area (Å²) in [5.74, 6) is 0.403. The molecule has 3 N–H and O–H groups in total. The fraction of sp³-hybridized carbons (Fsp3) is 0.370. The first-order chi connectivity index (χ1) is 19.7. The maximum Gasteiger partial charge on any atom is 1.00 e. The zero-order valence-electron chi connectivity index (χ0n) is 24.9. The van der Waals surface area contributed by atoms with Gasteiger partial charge in [-0.25, -0.2) is 18.0 Å². The first-order valence-electron chi connectivity index (χ1n) is 13.0. The van der Waals surface area contributed by atoms with Crippen molar-refractivity contribution in [2.24, 2.45) is 0 Å². The second kappa shape index (κ2) is 14.4. The number of nitrogens with zero attached hydrogens (tertiary/aromatic N) is 2. The van der Waals surface area contributed by atoms with Crippen molar-refractivity contribution in [1.29, 1.82) is 0 Å². The third kappa shape index (κ3) is 9.49. The third-order valence-corrected chi connectivity index (χ3v) is 8.79. The molecule has 2 aromatic carbocycles. The number of hydrogen-bond donors (Lipinski definition) is 3. The van der Waals surface area contributed by atoms with Crippen LogP contribution in [0.15, 0.2) is 53.6 Å². The molecule has 0 saturated carbocycles. The Morgan fingerprint density at radius 3 is 2.53 bits per heavy atom. The number of H-pyrrole nitrogens is 1. The summed E-state index contributed by atoms with van der Waals surface area (Å²) in [5, 5.41) is 1.56. The number of aromatic amines is 1. The van der Waals surface area contributed by atoms with Gasteiger partial charge in [0, 0.05) is 30.1 Å². The van der Waals surface area contributed by atoms with Gasteiger partial charge in [0.15, 0.2) is 9.84 Å². The van der Waals surface area contributed by atoms with Crippen molar-refractivity contribution < 1.29 is 76.2 Å². The van der Waals surface area contributed by atoms with Gasteiger partial charge in [0.2, 0.25) is 0 Å². The molecule has 4 aromatic rings. The van der Waals surface area contributed by atoms with Crippen molar-refractivity contribution in [3.8, 4) is 16.9 Å². The number of phosphoric ester groups is 1. The molecular formula is C27H32F3N3NaO7PS. The number of benzene rings is 2. The molecular weight excluding hydrogens is 621 g/mol. The number of nitrogens with one attached hydrogen (secondary N) is 1. The van der Waals surface area contributed by atoms with E-state index >= 15 is 0 Å². The minimum atomic E-state index is -4.79. The van der Waals surface area contributed by atoms with Gasteiger partial charge in [-0.15, -0.1) is 0 Å². The molecule has 0 radical (unpaired) electrons. The van der Waals surface area contributed by atoms with Crippen molar-refractivity contribution in [1.82, 2.24) is 14.9 Å². The maximum absolute atomic E-state index is 13.0. The Balaban J connectivity index is 0.00000337. The molecule has 0 spiro atoms. The van der Waals surface area contributed by atoms with E-state index in [1.165, 1.54) is 0 Å². The smallest absolute Gasteiger partial charge is 1.00 e. The van der Waals surface area contributed by atoms with Gasteiger partial charge in [0.05, 0.1) is 35.9 Å². The van der Waals surface area contributed by atoms with Gasteiger partial charge in [-0.05, 0) is 60.4 Å². The number of phosphoric acid groups is 1. The van der Waals surface area contributed by atoms with Crippen LogP contribution in [0.5, 0.6) is 5.75 Å². The molecule has 0 atom stereocenters. The van der Waals surface area contributed by atoms with Crippen LogP contribution in [0.2, 0.25) is 0 Å². The zero-order valence-corrected chi connectivity index (χ0v) is 27.6. The predicted molar refractivity (Wildman–Crippen MR) is 153 cm³/mol. The summed E-state index contributed by atoms with van der Waals surface area (Å²) in [6, 6.07) is 12.2. The van der Waals surface area contributed by atoms with Gasteiger partial charge in [-0.3, -0.25) is 9.42 Å². The Morgan fingerprint density at radius 2 is 1.86 bits per heavy atom. The minimum Gasteiger partial charge on any atom is -1.00 e. The average Bonchev–Trinajstić information content (AvgIpc) is 3.28. The van der Waals surface area contributed by atoms with Gasteiger partial charge >= 0.3 is 43.6 Å². The Labute approximate surface area is 270 Å². The van der Waals surface area contributed by atoms with Gasteiger partial charge in [0.25, 0.3) is 0 Å². The van der Waals surface area contributed by atoms with Crippen LogP contribution in [-0.2, 0) is 18.9 Å². The topological polar surface area (TPSA) is 142 Å². The van der Waals surface area contributed by atoms with Crippen LogP contribution < -0.4 is 34.3 Å². The van der Waals surface area contributed by atoms with Crippen molar-refractivity contribution in [3.05, 3.63) is 54.2 Å². The number of rotatable bonds is 13. The summed E-state index contributed by atoms with van der Waals surface area (Å²) >= 11 is 0. The van der Waals surface area contributed by atoms with E-state index < -0.39 is 37.0 Å². The van der Waals surface area contributed by atoms with Crippen molar-refractivity contribution in [3.63, 3.8) is 0 Å². The summed E-state index contributed by atoms with van der Waals surface area (Å²) in [4.78, 5) is 26.5. The number of fused-ring (bicyclic) bond motifs is 3. The van der Waals surface area contributed by atoms with E-state index in [1.54, 1.807) is 43.5 Å². The Kier molecular flexibility index (Phi) is 11.9. The number of aromatic nitrogens is 2. The molecule has 2 aromatic heterocycles. The van der Waals surface area contributed by atoms with Crippen LogP contribution in [0, 0.1) is 6.92 Å². The van der Waals surface area contributed by atoms with E-state index in [2.05, 4.69) is 14.5 Å². The standard InChI is InChI=1S/C27H31F3N3O7PS.Na.H/c1-3-42(37,38)20-7-4-6-19(15-20)21-8-9-23(25-24(21)22-14-18(2)16-31-26(22)32-25)39-12-5-10-33(17-27(28,29)30)11-13-40-41(34,35)36;;/h4,6-9,14-16H,3,5,10-13,17H2,1-2H3,(H,31,32)(H2,34,35,36);;/q;+1;-1. The zero-order chi connectivity index (χ0) is 30.7. The minimum absolute atomic E-state index is 0. The predicted octanol–water partition coefficient (Wildman–Crippen LogP) is 2.34. The summed E-state index contributed by atoms with van der Waals surface area (Å²) < 4.78 is 85.3. The van der Waals surface area contributed by atoms with Crippen LogP contribution in [0.1, 0.15) is 20.3 Å². The van der Waals surface area contributed by atoms with Crippen LogP contribution in [0.4, 0.5) is 13.2 Å². The van der Waals surface area contributed by atoms with Crippen LogP contribution in [0.25, 0.3) is 33.1 Å². The van der Waals surface area contributed by atoms with E-state index in [0.29, 0.717) is 22.5 Å². The Morgan fingerprint density at radius 1 is 1.12 bits per heavy atom. The fourth-order valence-electron chi connectivity index (χ4n) is 4.63. The quantitative estimate of drug-likeness (QED) is 0.113. The molecule has 0 saturated heterocycles. The van der Waals surface area contributed by atoms with E-state index in [4.69, 9.17) is 14.5 Å². The number of alkyl halides is 3. The van der Waals surface area contributed by atoms with E-state index in [-0.39, 0.29) is 67.7 Å². The second-order valence-electron chi connectivity index (χ2n) is 9.74. The molecule has 43 heavy (non-hydrogen) atoms. The van der Waals surface area contributed by atoms with Crippen LogP contribution in [-0.4, -0.2) is 77.8 Å². The summed E-state index contributed by atoms with van der Waals surface area (Å²) in [6.07, 6.45) is -2.62. The third-order valence-electron chi connectivity index (χ3n) is 6.53. The molecule has 0 unspecified atom stereocenters. The number of sulfone groups is 1. The number of ether oxygens (including phenoxy) is 1. The Hall–Kier alpha value is -2.00. The second-order valence-corrected chi connectivity index (χ2v) is 13.3. The van der Waals surface area contributed by atoms with E-state index in [1.807, 2.05) is 19.1 Å². The van der Waals surface area contributed by atoms with Gasteiger partial charge in [-0.2, -0.15) is 13.2 Å². The molecule has 0 aliphatic carbocycles. The van der Waals surface area contributed by atoms with Crippen molar-refractivity contribution in [2.45, 2.75) is 31.3 Å². The molecule has 0 aliphatic heterocycles.